The molecule has 0 aliphatic carbocycles. The van der Waals surface area contributed by atoms with Crippen molar-refractivity contribution in [3.63, 3.8) is 0 Å². The van der Waals surface area contributed by atoms with Crippen LogP contribution in [0.15, 0.2) is 30.3 Å². The minimum atomic E-state index is -0.796. The van der Waals surface area contributed by atoms with Gasteiger partial charge < -0.3 is 14.6 Å². The molecule has 2 atom stereocenters. The fourth-order valence-corrected chi connectivity index (χ4v) is 3.88. The number of aliphatic hydroxyl groups is 1. The quantitative estimate of drug-likeness (QED) is 0.900. The lowest BCUT2D eigenvalue weighted by molar-refractivity contribution is -0.0665. The van der Waals surface area contributed by atoms with E-state index in [4.69, 9.17) is 9.47 Å². The third-order valence-electron chi connectivity index (χ3n) is 3.89. The number of aliphatic hydroxyl groups excluding tert-OH is 1. The van der Waals surface area contributed by atoms with Crippen LogP contribution < -0.4 is 0 Å². The van der Waals surface area contributed by atoms with Crippen LogP contribution in [0.3, 0.4) is 0 Å². The van der Waals surface area contributed by atoms with E-state index in [-0.39, 0.29) is 0 Å². The van der Waals surface area contributed by atoms with E-state index >= 15 is 0 Å². The Morgan fingerprint density at radius 2 is 2.17 bits per heavy atom. The second-order valence-corrected chi connectivity index (χ2v) is 8.06. The molecule has 2 aromatic rings. The Morgan fingerprint density at radius 3 is 2.88 bits per heavy atom. The van der Waals surface area contributed by atoms with Gasteiger partial charge in [0, 0.05) is 16.1 Å². The van der Waals surface area contributed by atoms with E-state index in [0.717, 1.165) is 15.0 Å². The molecule has 1 saturated heterocycles. The van der Waals surface area contributed by atoms with Crippen LogP contribution in [0.2, 0.25) is 0 Å². The summed E-state index contributed by atoms with van der Waals surface area (Å²) in [4.78, 5) is 14.9. The van der Waals surface area contributed by atoms with Crippen LogP contribution in [0.4, 0.5) is 4.79 Å². The third kappa shape index (κ3) is 3.71. The molecule has 130 valence electrons. The molecule has 0 spiro atoms. The summed E-state index contributed by atoms with van der Waals surface area (Å²) in [5.41, 5.74) is -0.567. The Hall–Kier alpha value is -1.63. The van der Waals surface area contributed by atoms with Crippen LogP contribution in [-0.2, 0) is 9.47 Å². The number of carbonyl (C=O) groups is 1. The number of fused-ring (bicyclic) bond motifs is 1. The van der Waals surface area contributed by atoms with Crippen molar-refractivity contribution in [1.82, 2.24) is 4.90 Å². The number of thiophene rings is 1. The van der Waals surface area contributed by atoms with Crippen LogP contribution in [0.25, 0.3) is 10.1 Å². The van der Waals surface area contributed by atoms with Crippen molar-refractivity contribution in [2.75, 3.05) is 19.8 Å². The van der Waals surface area contributed by atoms with Crippen molar-refractivity contribution in [1.29, 1.82) is 0 Å². The molecule has 0 bridgehead atoms. The predicted molar refractivity (Wildman–Crippen MR) is 94.3 cm³/mol. The Bertz CT molecular complexity index is 688. The van der Waals surface area contributed by atoms with Crippen molar-refractivity contribution >= 4 is 27.5 Å². The summed E-state index contributed by atoms with van der Waals surface area (Å²) in [7, 11) is 0. The van der Waals surface area contributed by atoms with Crippen LogP contribution in [-0.4, -0.2) is 47.5 Å². The summed E-state index contributed by atoms with van der Waals surface area (Å²) < 4.78 is 12.1. The van der Waals surface area contributed by atoms with E-state index in [1.165, 1.54) is 0 Å². The van der Waals surface area contributed by atoms with E-state index in [1.54, 1.807) is 16.2 Å². The monoisotopic (exact) mass is 349 g/mol. The van der Waals surface area contributed by atoms with Crippen LogP contribution in [0, 0.1) is 0 Å². The summed E-state index contributed by atoms with van der Waals surface area (Å²) in [5, 5.41) is 11.9. The summed E-state index contributed by atoms with van der Waals surface area (Å²) in [5.74, 6) is 0. The molecule has 0 radical (unpaired) electrons. The molecule has 1 aliphatic rings. The Morgan fingerprint density at radius 1 is 1.42 bits per heavy atom. The zero-order chi connectivity index (χ0) is 17.3. The first-order valence-electron chi connectivity index (χ1n) is 8.09. The van der Waals surface area contributed by atoms with Crippen LogP contribution in [0.5, 0.6) is 0 Å². The van der Waals surface area contributed by atoms with Crippen LogP contribution in [0.1, 0.15) is 31.8 Å². The van der Waals surface area contributed by atoms with Gasteiger partial charge >= 0.3 is 6.09 Å². The zero-order valence-electron chi connectivity index (χ0n) is 14.2. The maximum absolute atomic E-state index is 12.5. The van der Waals surface area contributed by atoms with Gasteiger partial charge in [0.2, 0.25) is 0 Å². The SMILES string of the molecule is CC(C)(C)OC(=O)N1CCOCC1C(O)c1cc2ccccc2s1. The van der Waals surface area contributed by atoms with E-state index < -0.39 is 23.8 Å². The molecule has 2 unspecified atom stereocenters. The molecule has 1 aliphatic heterocycles. The van der Waals surface area contributed by atoms with Gasteiger partial charge in [0.05, 0.1) is 19.3 Å². The van der Waals surface area contributed by atoms with Gasteiger partial charge in [-0.1, -0.05) is 18.2 Å². The molecular weight excluding hydrogens is 326 g/mol. The van der Waals surface area contributed by atoms with Crippen molar-refractivity contribution in [2.45, 2.75) is 38.5 Å². The van der Waals surface area contributed by atoms with E-state index in [0.29, 0.717) is 19.8 Å². The molecule has 3 rings (SSSR count). The fourth-order valence-electron chi connectivity index (χ4n) is 2.77. The van der Waals surface area contributed by atoms with Gasteiger partial charge in [0.1, 0.15) is 11.7 Å². The molecule has 1 amide bonds. The Kier molecular flexibility index (Phi) is 4.80. The number of amides is 1. The summed E-state index contributed by atoms with van der Waals surface area (Å²) in [6.45, 7) is 6.68. The average Bonchev–Trinajstić information content (AvgIpc) is 2.96. The van der Waals surface area contributed by atoms with Gasteiger partial charge in [-0.3, -0.25) is 4.90 Å². The molecule has 24 heavy (non-hydrogen) atoms. The number of morpholine rings is 1. The molecule has 1 aromatic carbocycles. The molecule has 1 aromatic heterocycles. The normalized spacial score (nSPS) is 20.2. The molecule has 6 heteroatoms. The molecular formula is C18H23NO4S. The van der Waals surface area contributed by atoms with Gasteiger partial charge in [-0.2, -0.15) is 0 Å². The third-order valence-corrected chi connectivity index (χ3v) is 5.08. The molecule has 1 fully saturated rings. The first-order valence-corrected chi connectivity index (χ1v) is 8.91. The lowest BCUT2D eigenvalue weighted by atomic mass is 10.1. The highest BCUT2D eigenvalue weighted by molar-refractivity contribution is 7.19. The summed E-state index contributed by atoms with van der Waals surface area (Å²) in [6, 6.07) is 9.53. The molecule has 1 N–H and O–H groups in total. The summed E-state index contributed by atoms with van der Waals surface area (Å²) >= 11 is 1.54. The van der Waals surface area contributed by atoms with Gasteiger partial charge in [-0.15, -0.1) is 11.3 Å². The lowest BCUT2D eigenvalue weighted by Gasteiger charge is -2.38. The van der Waals surface area contributed by atoms with Gasteiger partial charge in [-0.25, -0.2) is 4.79 Å². The van der Waals surface area contributed by atoms with Crippen molar-refractivity contribution in [3.05, 3.63) is 35.2 Å². The molecule has 2 heterocycles. The lowest BCUT2D eigenvalue weighted by Crippen LogP contribution is -2.52. The van der Waals surface area contributed by atoms with Crippen molar-refractivity contribution in [2.24, 2.45) is 0 Å². The number of hydrogen-bond acceptors (Lipinski definition) is 5. The fraction of sp³-hybridized carbons (Fsp3) is 0.500. The second kappa shape index (κ2) is 6.70. The molecule has 0 saturated carbocycles. The van der Waals surface area contributed by atoms with Crippen LogP contribution >= 0.6 is 11.3 Å². The topological polar surface area (TPSA) is 59.0 Å². The largest absolute Gasteiger partial charge is 0.444 e. The van der Waals surface area contributed by atoms with Crippen molar-refractivity contribution < 1.29 is 19.4 Å². The average molecular weight is 349 g/mol. The number of ether oxygens (including phenoxy) is 2. The second-order valence-electron chi connectivity index (χ2n) is 6.95. The Balaban J connectivity index is 1.82. The predicted octanol–water partition coefficient (Wildman–Crippen LogP) is 3.57. The molecule has 5 nitrogen and oxygen atoms in total. The van der Waals surface area contributed by atoms with E-state index in [2.05, 4.69) is 0 Å². The first kappa shape index (κ1) is 17.2. The number of nitrogens with zero attached hydrogens (tertiary/aromatic N) is 1. The number of rotatable bonds is 2. The highest BCUT2D eigenvalue weighted by atomic mass is 32.1. The van der Waals surface area contributed by atoms with Crippen molar-refractivity contribution in [3.8, 4) is 0 Å². The smallest absolute Gasteiger partial charge is 0.410 e. The minimum Gasteiger partial charge on any atom is -0.444 e. The number of carbonyl (C=O) groups excluding carboxylic acids is 1. The zero-order valence-corrected chi connectivity index (χ0v) is 15.0. The summed E-state index contributed by atoms with van der Waals surface area (Å²) in [6.07, 6.45) is -1.20. The first-order chi connectivity index (χ1) is 11.3. The highest BCUT2D eigenvalue weighted by Gasteiger charge is 2.36. The van der Waals surface area contributed by atoms with Gasteiger partial charge in [0.25, 0.3) is 0 Å². The maximum Gasteiger partial charge on any atom is 0.410 e. The van der Waals surface area contributed by atoms with E-state index in [1.807, 2.05) is 51.1 Å². The number of benzene rings is 1. The Labute approximate surface area is 145 Å². The number of hydrogen-bond donors (Lipinski definition) is 1. The van der Waals surface area contributed by atoms with Gasteiger partial charge in [0.15, 0.2) is 0 Å². The highest BCUT2D eigenvalue weighted by Crippen LogP contribution is 2.33. The standard InChI is InChI=1S/C18H23NO4S/c1-18(2,3)23-17(21)19-8-9-22-11-13(19)16(20)15-10-12-6-4-5-7-14(12)24-15/h4-7,10,13,16,20H,8-9,11H2,1-3H3. The van der Waals surface area contributed by atoms with Gasteiger partial charge in [-0.05, 0) is 38.3 Å². The minimum absolute atomic E-state index is 0.300. The van der Waals surface area contributed by atoms with E-state index in [9.17, 15) is 9.90 Å². The maximum atomic E-state index is 12.5.